The van der Waals surface area contributed by atoms with Crippen LogP contribution in [0.1, 0.15) is 11.1 Å². The molecule has 0 unspecified atom stereocenters. The van der Waals surface area contributed by atoms with Crippen LogP contribution in [-0.2, 0) is 0 Å². The highest BCUT2D eigenvalue weighted by atomic mass is 127. The Morgan fingerprint density at radius 1 is 1.29 bits per heavy atom. The minimum Gasteiger partial charge on any atom is -0.220 e. The third-order valence-electron chi connectivity index (χ3n) is 1.97. The summed E-state index contributed by atoms with van der Waals surface area (Å²) in [6.07, 6.45) is 0. The summed E-state index contributed by atoms with van der Waals surface area (Å²) >= 11 is 2.07. The van der Waals surface area contributed by atoms with E-state index in [1.807, 2.05) is 0 Å². The first-order chi connectivity index (χ1) is 6.59. The number of rotatable bonds is 0. The van der Waals surface area contributed by atoms with Crippen LogP contribution in [0.25, 0.3) is 10.9 Å². The Bertz CT molecular complexity index is 508. The van der Waals surface area contributed by atoms with Crippen molar-refractivity contribution in [3.63, 3.8) is 0 Å². The number of hydrogen-bond acceptors (Lipinski definition) is 1. The van der Waals surface area contributed by atoms with Crippen molar-refractivity contribution in [3.05, 3.63) is 52.7 Å². The van der Waals surface area contributed by atoms with Gasteiger partial charge in [-0.3, -0.25) is 0 Å². The number of benzene rings is 1. The molecule has 4 radical (unpaired) electrons. The molecular weight excluding hydrogens is 292 g/mol. The second-order valence-corrected chi connectivity index (χ2v) is 3.97. The second kappa shape index (κ2) is 3.46. The van der Waals surface area contributed by atoms with Gasteiger partial charge in [-0.25, -0.2) is 4.98 Å². The van der Waals surface area contributed by atoms with E-state index in [0.717, 1.165) is 8.96 Å². The van der Waals surface area contributed by atoms with Gasteiger partial charge in [-0.05, 0) is 58.8 Å². The molecule has 1 aromatic carbocycles. The highest BCUT2D eigenvalue weighted by Crippen LogP contribution is 2.25. The van der Waals surface area contributed by atoms with E-state index in [-0.39, 0.29) is 0 Å². The lowest BCUT2D eigenvalue weighted by Crippen LogP contribution is -1.92. The van der Waals surface area contributed by atoms with Gasteiger partial charge in [0.05, 0.1) is 5.52 Å². The predicted octanol–water partition coefficient (Wildman–Crippen LogP) is 3.10. The molecule has 0 spiro atoms. The van der Waals surface area contributed by atoms with Crippen molar-refractivity contribution in [1.29, 1.82) is 0 Å². The normalized spacial score (nSPS) is 10.9. The van der Waals surface area contributed by atoms with Gasteiger partial charge >= 0.3 is 0 Å². The summed E-state index contributed by atoms with van der Waals surface area (Å²) in [6, 6.07) is 4.53. The van der Waals surface area contributed by atoms with Gasteiger partial charge in [0.25, 0.3) is 0 Å². The minimum absolute atomic E-state index is 0.431. The summed E-state index contributed by atoms with van der Waals surface area (Å²) in [4.78, 5) is 3.73. The number of nitrogens with zero attached hydrogens (tertiary/aromatic N) is 1. The molecule has 0 bridgehead atoms. The molecule has 0 atom stereocenters. The van der Waals surface area contributed by atoms with E-state index < -0.39 is 5.95 Å². The van der Waals surface area contributed by atoms with Crippen molar-refractivity contribution in [1.82, 2.24) is 4.98 Å². The lowest BCUT2D eigenvalue weighted by molar-refractivity contribution is 0.589. The summed E-state index contributed by atoms with van der Waals surface area (Å²) in [7, 11) is 0. The third-order valence-corrected chi connectivity index (χ3v) is 3.13. The number of hydrogen-bond donors (Lipinski definition) is 0. The van der Waals surface area contributed by atoms with Crippen molar-refractivity contribution in [2.24, 2.45) is 0 Å². The van der Waals surface area contributed by atoms with Gasteiger partial charge in [-0.2, -0.15) is 4.39 Å². The number of aromatic nitrogens is 1. The molecule has 0 aliphatic carbocycles. The maximum absolute atomic E-state index is 12.8. The van der Waals surface area contributed by atoms with Crippen LogP contribution < -0.4 is 0 Å². The largest absolute Gasteiger partial charge is 0.220 e. The summed E-state index contributed by atoms with van der Waals surface area (Å²) in [6.45, 7) is 11.4. The van der Waals surface area contributed by atoms with Crippen LogP contribution in [0.15, 0.2) is 18.2 Å². The highest BCUT2D eigenvalue weighted by Gasteiger charge is 2.06. The topological polar surface area (TPSA) is 12.9 Å². The number of fused-ring (bicyclic) bond motifs is 1. The quantitative estimate of drug-likeness (QED) is 0.538. The van der Waals surface area contributed by atoms with Crippen molar-refractivity contribution < 1.29 is 4.39 Å². The first-order valence-corrected chi connectivity index (χ1v) is 4.97. The minimum atomic E-state index is -0.516. The fourth-order valence-corrected chi connectivity index (χ4v) is 2.01. The Morgan fingerprint density at radius 3 is 2.71 bits per heavy atom. The Balaban J connectivity index is 2.91. The van der Waals surface area contributed by atoms with Crippen molar-refractivity contribution in [3.8, 4) is 0 Å². The number of pyridine rings is 1. The monoisotopic (exact) mass is 297 g/mol. The lowest BCUT2D eigenvalue weighted by Gasteiger charge is -2.06. The zero-order valence-electron chi connectivity index (χ0n) is 7.09. The van der Waals surface area contributed by atoms with E-state index in [0.29, 0.717) is 16.6 Å². The summed E-state index contributed by atoms with van der Waals surface area (Å²) < 4.78 is 13.6. The van der Waals surface area contributed by atoms with Crippen LogP contribution in [0.3, 0.4) is 0 Å². The Hall–Kier alpha value is -0.710. The van der Waals surface area contributed by atoms with Crippen LogP contribution in [0, 0.1) is 23.4 Å². The average molecular weight is 297 g/mol. The van der Waals surface area contributed by atoms with E-state index in [4.69, 9.17) is 13.8 Å². The predicted molar refractivity (Wildman–Crippen MR) is 61.2 cm³/mol. The van der Waals surface area contributed by atoms with Crippen LogP contribution in [0.4, 0.5) is 4.39 Å². The van der Waals surface area contributed by atoms with E-state index >= 15 is 0 Å². The third kappa shape index (κ3) is 1.49. The SMILES string of the molecule is [CH]c1cc2nc(F)ccc2c(I)c1[CH]. The molecule has 0 saturated heterocycles. The lowest BCUT2D eigenvalue weighted by atomic mass is 10.1. The molecule has 1 heterocycles. The summed E-state index contributed by atoms with van der Waals surface area (Å²) in [5.41, 5.74) is 1.48. The van der Waals surface area contributed by atoms with Crippen LogP contribution in [-0.4, -0.2) is 4.98 Å². The zero-order chi connectivity index (χ0) is 10.3. The number of halogens is 2. The Morgan fingerprint density at radius 2 is 2.00 bits per heavy atom. The first kappa shape index (κ1) is 9.83. The molecule has 0 N–H and O–H groups in total. The van der Waals surface area contributed by atoms with Gasteiger partial charge in [0.15, 0.2) is 0 Å². The van der Waals surface area contributed by atoms with Crippen molar-refractivity contribution in [2.75, 3.05) is 0 Å². The smallest absolute Gasteiger partial charge is 0.213 e. The van der Waals surface area contributed by atoms with E-state index in [2.05, 4.69) is 27.6 Å². The molecule has 2 rings (SSSR count). The van der Waals surface area contributed by atoms with E-state index in [1.165, 1.54) is 6.07 Å². The van der Waals surface area contributed by atoms with Gasteiger partial charge in [-0.15, -0.1) is 0 Å². The van der Waals surface area contributed by atoms with E-state index in [1.54, 1.807) is 12.1 Å². The molecule has 68 valence electrons. The van der Waals surface area contributed by atoms with Gasteiger partial charge in [-0.1, -0.05) is 0 Å². The van der Waals surface area contributed by atoms with Gasteiger partial charge in [0.2, 0.25) is 5.95 Å². The fourth-order valence-electron chi connectivity index (χ4n) is 1.24. The van der Waals surface area contributed by atoms with Gasteiger partial charge in [0, 0.05) is 15.9 Å². The van der Waals surface area contributed by atoms with Crippen LogP contribution in [0.2, 0.25) is 0 Å². The molecule has 2 aromatic rings. The molecule has 0 fully saturated rings. The Labute approximate surface area is 95.5 Å². The Kier molecular flexibility index (Phi) is 2.43. The highest BCUT2D eigenvalue weighted by molar-refractivity contribution is 14.1. The fraction of sp³-hybridized carbons (Fsp3) is 0. The maximum Gasteiger partial charge on any atom is 0.213 e. The molecule has 3 heteroatoms. The van der Waals surface area contributed by atoms with E-state index in [9.17, 15) is 4.39 Å². The molecule has 1 nitrogen and oxygen atoms in total. The first-order valence-electron chi connectivity index (χ1n) is 3.89. The van der Waals surface area contributed by atoms with Crippen molar-refractivity contribution in [2.45, 2.75) is 0 Å². The molecule has 0 amide bonds. The zero-order valence-corrected chi connectivity index (χ0v) is 9.25. The van der Waals surface area contributed by atoms with Gasteiger partial charge in [0.1, 0.15) is 0 Å². The van der Waals surface area contributed by atoms with Gasteiger partial charge < -0.3 is 0 Å². The van der Waals surface area contributed by atoms with Crippen molar-refractivity contribution >= 4 is 33.5 Å². The molecular formula is C11H5FIN. The molecule has 14 heavy (non-hydrogen) atoms. The van der Waals surface area contributed by atoms with Crippen LogP contribution in [0.5, 0.6) is 0 Å². The standard InChI is InChI=1S/C11H5FIN/c1-6-5-9-8(11(13)7(6)2)3-4-10(12)14-9/h1-5H. The average Bonchev–Trinajstić information content (AvgIpc) is 2.14. The second-order valence-electron chi connectivity index (χ2n) is 2.89. The summed E-state index contributed by atoms with van der Waals surface area (Å²) in [5.74, 6) is -0.516. The molecule has 0 aliphatic heterocycles. The molecule has 0 aliphatic rings. The molecule has 1 aromatic heterocycles. The maximum atomic E-state index is 12.8. The summed E-state index contributed by atoms with van der Waals surface area (Å²) in [5, 5.41) is 0.818. The van der Waals surface area contributed by atoms with Crippen LogP contribution >= 0.6 is 22.6 Å². The molecule has 0 saturated carbocycles.